The smallest absolute Gasteiger partial charge is 0.221 e. The summed E-state index contributed by atoms with van der Waals surface area (Å²) in [5.74, 6) is 1.000. The molecule has 340 valence electrons. The van der Waals surface area contributed by atoms with Crippen LogP contribution in [0.25, 0.3) is 65.3 Å². The van der Waals surface area contributed by atoms with E-state index in [2.05, 4.69) is 265 Å². The van der Waals surface area contributed by atoms with Crippen LogP contribution in [0, 0.1) is 0 Å². The van der Waals surface area contributed by atoms with E-state index >= 15 is 0 Å². The molecule has 0 bridgehead atoms. The number of nitrogens with zero attached hydrogens (tertiary/aromatic N) is 2. The van der Waals surface area contributed by atoms with Gasteiger partial charge in [-0.25, -0.2) is 9.48 Å². The minimum absolute atomic E-state index is 0.0328. The van der Waals surface area contributed by atoms with Gasteiger partial charge in [-0.2, -0.15) is 0 Å². The predicted octanol–water partition coefficient (Wildman–Crippen LogP) is 18.8. The third-order valence-electron chi connectivity index (χ3n) is 14.9. The second-order valence-corrected chi connectivity index (χ2v) is 20.7. The van der Waals surface area contributed by atoms with Crippen LogP contribution in [0.1, 0.15) is 125 Å². The van der Waals surface area contributed by atoms with Crippen LogP contribution in [-0.4, -0.2) is 10.9 Å². The Kier molecular flexibility index (Phi) is 11.5. The van der Waals surface area contributed by atoms with E-state index in [1.165, 1.54) is 110 Å². The van der Waals surface area contributed by atoms with Gasteiger partial charge in [-0.05, 0) is 125 Å². The zero-order valence-corrected chi connectivity index (χ0v) is 41.4. The molecule has 0 saturated heterocycles. The fourth-order valence-corrected chi connectivity index (χ4v) is 11.6. The molecule has 1 aliphatic heterocycles. The van der Waals surface area contributed by atoms with Crippen molar-refractivity contribution in [3.05, 3.63) is 228 Å². The lowest BCUT2D eigenvalue weighted by Gasteiger charge is -2.30. The molecule has 0 radical (unpaired) electrons. The maximum Gasteiger partial charge on any atom is 0.245 e. The van der Waals surface area contributed by atoms with Crippen molar-refractivity contribution in [1.82, 2.24) is 0 Å². The number of hydrogen-bond donors (Lipinski definition) is 0. The second-order valence-electron chi connectivity index (χ2n) is 20.7. The Hall–Kier alpha value is -7.29. The maximum atomic E-state index is 2.70. The summed E-state index contributed by atoms with van der Waals surface area (Å²) >= 11 is 0. The van der Waals surface area contributed by atoms with Crippen molar-refractivity contribution >= 4 is 60.8 Å². The molecule has 0 spiro atoms. The molecule has 0 aliphatic carbocycles. The van der Waals surface area contributed by atoms with Gasteiger partial charge in [0.05, 0.1) is 0 Å². The Labute approximate surface area is 409 Å². The number of anilines is 1. The van der Waals surface area contributed by atoms with Gasteiger partial charge < -0.3 is 0 Å². The summed E-state index contributed by atoms with van der Waals surface area (Å²) in [7, 11) is 0. The molecule has 10 aromatic carbocycles. The van der Waals surface area contributed by atoms with E-state index in [-0.39, 0.29) is 35.8 Å². The molecule has 0 saturated carbocycles. The molecule has 1 aliphatic rings. The van der Waals surface area contributed by atoms with Gasteiger partial charge in [-0.15, -0.1) is 0 Å². The van der Waals surface area contributed by atoms with E-state index in [4.69, 9.17) is 0 Å². The number of benzene rings is 10. The minimum atomic E-state index is -0.0328. The average molecular weight is 896 g/mol. The predicted molar refractivity (Wildman–Crippen MR) is 297 cm³/mol. The molecule has 0 N–H and O–H groups in total. The normalized spacial score (nSPS) is 15.2. The molecular weight excluding hydrogens is 833 g/mol. The van der Waals surface area contributed by atoms with Crippen molar-refractivity contribution in [1.29, 1.82) is 0 Å². The van der Waals surface area contributed by atoms with Crippen molar-refractivity contribution in [3.63, 3.8) is 0 Å². The van der Waals surface area contributed by atoms with E-state index in [9.17, 15) is 0 Å². The van der Waals surface area contributed by atoms with Gasteiger partial charge >= 0.3 is 0 Å². The van der Waals surface area contributed by atoms with Crippen LogP contribution in [0.2, 0.25) is 0 Å². The lowest BCUT2D eigenvalue weighted by Crippen LogP contribution is -2.28. The van der Waals surface area contributed by atoms with Crippen molar-refractivity contribution in [2.45, 2.75) is 91.1 Å². The average Bonchev–Trinajstić information content (AvgIpc) is 3.76. The lowest BCUT2D eigenvalue weighted by atomic mass is 9.83. The molecule has 2 heteroatoms. The van der Waals surface area contributed by atoms with Crippen LogP contribution < -0.4 is 4.90 Å². The molecule has 69 heavy (non-hydrogen) atoms. The minimum Gasteiger partial charge on any atom is -0.221 e. The van der Waals surface area contributed by atoms with E-state index in [1.807, 2.05) is 0 Å². The first kappa shape index (κ1) is 44.2. The van der Waals surface area contributed by atoms with Gasteiger partial charge in [0.25, 0.3) is 0 Å². The SMILES string of the molecule is CC(C)c1cc(-c2c3ccccc3cc3ccccc23)cc(C(C)C)c1N1C=[N+](c2c(C(C)C)cc(-c3c4ccccc4cc4ccccc34)cc2C(C)C)[C@@H](c2ccccc2)C1c1ccccc1. The summed E-state index contributed by atoms with van der Waals surface area (Å²) in [5.41, 5.74) is 15.9. The standard InChI is InChI=1S/C67H63N2/c1-42(2)58-37-52(62-54-31-19-15-27-48(54)35-49-28-16-20-32-55(49)62)38-59(43(3)4)66(58)68-41-69(65(47-25-13-10-14-26-47)64(68)46-23-11-9-12-24-46)67-60(44(5)6)39-53(40-61(67)45(7)8)63-56-33-21-17-29-50(56)36-51-30-18-22-34-57(51)63/h9-45,64-65H,1-8H3/q+1/t64-,65?/m0/s1. The summed E-state index contributed by atoms with van der Waals surface area (Å²) in [6.07, 6.45) is 2.52. The molecule has 0 amide bonds. The van der Waals surface area contributed by atoms with E-state index in [0.717, 1.165) is 0 Å². The summed E-state index contributed by atoms with van der Waals surface area (Å²) in [6, 6.07) is 73.2. The zero-order valence-electron chi connectivity index (χ0n) is 41.4. The van der Waals surface area contributed by atoms with Gasteiger partial charge in [0, 0.05) is 33.4 Å². The molecule has 10 aromatic rings. The Bertz CT molecular complexity index is 3410. The Morgan fingerprint density at radius 1 is 0.362 bits per heavy atom. The number of rotatable bonds is 10. The summed E-state index contributed by atoms with van der Waals surface area (Å²) < 4.78 is 2.70. The fourth-order valence-electron chi connectivity index (χ4n) is 11.6. The fraction of sp³-hybridized carbons (Fsp3) is 0.209. The first-order valence-corrected chi connectivity index (χ1v) is 25.3. The molecule has 11 rings (SSSR count). The first-order chi connectivity index (χ1) is 33.6. The van der Waals surface area contributed by atoms with Crippen molar-refractivity contribution in [2.24, 2.45) is 0 Å². The summed E-state index contributed by atoms with van der Waals surface area (Å²) in [6.45, 7) is 19.1. The van der Waals surface area contributed by atoms with Crippen LogP contribution in [0.15, 0.2) is 194 Å². The topological polar surface area (TPSA) is 6.25 Å². The first-order valence-electron chi connectivity index (χ1n) is 25.3. The molecule has 0 aromatic heterocycles. The molecular formula is C67H63N2+. The Morgan fingerprint density at radius 3 is 1.07 bits per heavy atom. The highest BCUT2D eigenvalue weighted by Gasteiger charge is 2.49. The van der Waals surface area contributed by atoms with Gasteiger partial charge in [0.15, 0.2) is 12.1 Å². The Balaban J connectivity index is 1.22. The van der Waals surface area contributed by atoms with Crippen molar-refractivity contribution in [2.75, 3.05) is 4.90 Å². The van der Waals surface area contributed by atoms with Crippen molar-refractivity contribution in [3.8, 4) is 22.3 Å². The molecule has 0 fully saturated rings. The van der Waals surface area contributed by atoms with Crippen molar-refractivity contribution < 1.29 is 4.58 Å². The summed E-state index contributed by atoms with van der Waals surface area (Å²) in [5, 5.41) is 10.3. The van der Waals surface area contributed by atoms with Gasteiger partial charge in [-0.1, -0.05) is 213 Å². The van der Waals surface area contributed by atoms with E-state index < -0.39 is 0 Å². The molecule has 2 atom stereocenters. The quantitative estimate of drug-likeness (QED) is 0.0979. The lowest BCUT2D eigenvalue weighted by molar-refractivity contribution is -0.482. The Morgan fingerprint density at radius 2 is 0.696 bits per heavy atom. The number of fused-ring (bicyclic) bond motifs is 4. The third-order valence-corrected chi connectivity index (χ3v) is 14.9. The monoisotopic (exact) mass is 895 g/mol. The molecule has 2 nitrogen and oxygen atoms in total. The van der Waals surface area contributed by atoms with Crippen LogP contribution in [0.4, 0.5) is 11.4 Å². The van der Waals surface area contributed by atoms with Crippen LogP contribution in [0.5, 0.6) is 0 Å². The second kappa shape index (κ2) is 18.0. The largest absolute Gasteiger partial charge is 0.245 e. The molecule has 1 heterocycles. The number of hydrogen-bond acceptors (Lipinski definition) is 1. The summed E-state index contributed by atoms with van der Waals surface area (Å²) in [4.78, 5) is 2.70. The highest BCUT2D eigenvalue weighted by Crippen LogP contribution is 2.53. The van der Waals surface area contributed by atoms with E-state index in [0.29, 0.717) is 0 Å². The third kappa shape index (κ3) is 7.71. The van der Waals surface area contributed by atoms with Crippen LogP contribution in [-0.2, 0) is 0 Å². The van der Waals surface area contributed by atoms with Gasteiger partial charge in [0.1, 0.15) is 11.4 Å². The molecule has 1 unspecified atom stereocenters. The van der Waals surface area contributed by atoms with Gasteiger partial charge in [-0.3, -0.25) is 0 Å². The van der Waals surface area contributed by atoms with E-state index in [1.54, 1.807) is 0 Å². The highest BCUT2D eigenvalue weighted by molar-refractivity contribution is 6.14. The zero-order chi connectivity index (χ0) is 47.5. The van der Waals surface area contributed by atoms with Gasteiger partial charge in [0.2, 0.25) is 6.34 Å². The van der Waals surface area contributed by atoms with Crippen LogP contribution in [0.3, 0.4) is 0 Å². The highest BCUT2D eigenvalue weighted by atomic mass is 15.3. The maximum absolute atomic E-state index is 2.70. The van der Waals surface area contributed by atoms with Crippen LogP contribution >= 0.6 is 0 Å².